The summed E-state index contributed by atoms with van der Waals surface area (Å²) in [5.41, 5.74) is 2.22. The van der Waals surface area contributed by atoms with Crippen LogP contribution < -0.4 is 14.4 Å². The van der Waals surface area contributed by atoms with E-state index in [1.165, 1.54) is 0 Å². The highest BCUT2D eigenvalue weighted by Gasteiger charge is 2.16. The van der Waals surface area contributed by atoms with Crippen molar-refractivity contribution in [3.8, 4) is 11.5 Å². The third-order valence-electron chi connectivity index (χ3n) is 3.75. The maximum Gasteiger partial charge on any atom is 0.142 e. The van der Waals surface area contributed by atoms with E-state index in [-0.39, 0.29) is 0 Å². The normalized spacial score (nSPS) is 14.7. The summed E-state index contributed by atoms with van der Waals surface area (Å²) in [5.74, 6) is 1.72. The quantitative estimate of drug-likeness (QED) is 0.849. The van der Waals surface area contributed by atoms with Gasteiger partial charge in [0.25, 0.3) is 0 Å². The molecule has 1 heterocycles. The molecule has 1 aliphatic rings. The molecule has 116 valence electrons. The summed E-state index contributed by atoms with van der Waals surface area (Å²) < 4.78 is 16.8. The molecule has 0 saturated carbocycles. The Kier molecular flexibility index (Phi) is 4.81. The van der Waals surface area contributed by atoms with Gasteiger partial charge < -0.3 is 19.1 Å². The fourth-order valence-corrected chi connectivity index (χ4v) is 2.55. The number of hydrogen-bond donors (Lipinski definition) is 0. The molecule has 0 N–H and O–H groups in total. The average Bonchev–Trinajstić information content (AvgIpc) is 2.61. The van der Waals surface area contributed by atoms with Crippen molar-refractivity contribution in [2.45, 2.75) is 6.61 Å². The number of ether oxygens (including phenoxy) is 3. The first-order chi connectivity index (χ1) is 10.9. The predicted octanol–water partition coefficient (Wildman–Crippen LogP) is 3.11. The van der Waals surface area contributed by atoms with E-state index < -0.39 is 0 Å². The Bertz CT molecular complexity index is 595. The Balaban J connectivity index is 1.74. The van der Waals surface area contributed by atoms with Gasteiger partial charge in [0.2, 0.25) is 0 Å². The van der Waals surface area contributed by atoms with Crippen molar-refractivity contribution in [1.29, 1.82) is 0 Å². The smallest absolute Gasteiger partial charge is 0.142 e. The van der Waals surface area contributed by atoms with Crippen molar-refractivity contribution < 1.29 is 14.2 Å². The second-order valence-electron chi connectivity index (χ2n) is 5.21. The summed E-state index contributed by atoms with van der Waals surface area (Å²) in [6, 6.07) is 16.1. The van der Waals surface area contributed by atoms with Gasteiger partial charge in [-0.3, -0.25) is 0 Å². The van der Waals surface area contributed by atoms with Gasteiger partial charge in [-0.25, -0.2) is 0 Å². The Hall–Kier alpha value is -2.20. The van der Waals surface area contributed by atoms with Crippen molar-refractivity contribution in [2.75, 3.05) is 38.3 Å². The van der Waals surface area contributed by atoms with Crippen molar-refractivity contribution in [2.24, 2.45) is 0 Å². The SMILES string of the molecule is COc1ccc(OCc2ccccc2)cc1N1CCOCC1. The molecule has 1 fully saturated rings. The van der Waals surface area contributed by atoms with Gasteiger partial charge in [0.15, 0.2) is 0 Å². The van der Waals surface area contributed by atoms with Crippen molar-refractivity contribution in [1.82, 2.24) is 0 Å². The highest BCUT2D eigenvalue weighted by atomic mass is 16.5. The minimum absolute atomic E-state index is 0.565. The fourth-order valence-electron chi connectivity index (χ4n) is 2.55. The number of anilines is 1. The van der Waals surface area contributed by atoms with Crippen molar-refractivity contribution >= 4 is 5.69 Å². The molecule has 0 radical (unpaired) electrons. The molecule has 1 aliphatic heterocycles. The van der Waals surface area contributed by atoms with Gasteiger partial charge in [-0.1, -0.05) is 30.3 Å². The molecule has 0 amide bonds. The molecule has 0 atom stereocenters. The Labute approximate surface area is 131 Å². The molecular formula is C18H21NO3. The second kappa shape index (κ2) is 7.18. The summed E-state index contributed by atoms with van der Waals surface area (Å²) in [7, 11) is 1.70. The maximum absolute atomic E-state index is 5.91. The minimum Gasteiger partial charge on any atom is -0.495 e. The monoisotopic (exact) mass is 299 g/mol. The molecule has 0 spiro atoms. The van der Waals surface area contributed by atoms with Crippen molar-refractivity contribution in [3.63, 3.8) is 0 Å². The first kappa shape index (κ1) is 14.7. The highest BCUT2D eigenvalue weighted by molar-refractivity contribution is 5.61. The average molecular weight is 299 g/mol. The summed E-state index contributed by atoms with van der Waals surface area (Å²) >= 11 is 0. The van der Waals surface area contributed by atoms with Crippen LogP contribution in [0.5, 0.6) is 11.5 Å². The number of nitrogens with zero attached hydrogens (tertiary/aromatic N) is 1. The highest BCUT2D eigenvalue weighted by Crippen LogP contribution is 2.33. The molecule has 4 heteroatoms. The second-order valence-corrected chi connectivity index (χ2v) is 5.21. The molecule has 0 aromatic heterocycles. The topological polar surface area (TPSA) is 30.9 Å². The number of methoxy groups -OCH3 is 1. The summed E-state index contributed by atoms with van der Waals surface area (Å²) in [6.07, 6.45) is 0. The lowest BCUT2D eigenvalue weighted by atomic mass is 10.2. The van der Waals surface area contributed by atoms with Crippen LogP contribution in [0.2, 0.25) is 0 Å². The Morgan fingerprint density at radius 3 is 2.55 bits per heavy atom. The van der Waals surface area contributed by atoms with E-state index in [1.807, 2.05) is 36.4 Å². The third-order valence-corrected chi connectivity index (χ3v) is 3.75. The Morgan fingerprint density at radius 1 is 1.05 bits per heavy atom. The van der Waals surface area contributed by atoms with Crippen LogP contribution in [0.4, 0.5) is 5.69 Å². The van der Waals surface area contributed by atoms with E-state index in [0.29, 0.717) is 6.61 Å². The van der Waals surface area contributed by atoms with Gasteiger partial charge in [-0.15, -0.1) is 0 Å². The lowest BCUT2D eigenvalue weighted by Crippen LogP contribution is -2.36. The number of morpholine rings is 1. The minimum atomic E-state index is 0.565. The zero-order valence-corrected chi connectivity index (χ0v) is 12.8. The first-order valence-corrected chi connectivity index (χ1v) is 7.54. The van der Waals surface area contributed by atoms with Crippen LogP contribution >= 0.6 is 0 Å². The van der Waals surface area contributed by atoms with E-state index in [0.717, 1.165) is 49.1 Å². The zero-order chi connectivity index (χ0) is 15.2. The van der Waals surface area contributed by atoms with Crippen LogP contribution in [0.1, 0.15) is 5.56 Å². The molecule has 1 saturated heterocycles. The van der Waals surface area contributed by atoms with Crippen LogP contribution in [0.15, 0.2) is 48.5 Å². The zero-order valence-electron chi connectivity index (χ0n) is 12.8. The molecule has 4 nitrogen and oxygen atoms in total. The molecule has 2 aromatic rings. The molecule has 0 aliphatic carbocycles. The van der Waals surface area contributed by atoms with Gasteiger partial charge in [0.1, 0.15) is 18.1 Å². The first-order valence-electron chi connectivity index (χ1n) is 7.54. The lowest BCUT2D eigenvalue weighted by Gasteiger charge is -2.30. The molecule has 22 heavy (non-hydrogen) atoms. The molecule has 2 aromatic carbocycles. The van der Waals surface area contributed by atoms with Crippen LogP contribution in [0.25, 0.3) is 0 Å². The van der Waals surface area contributed by atoms with Gasteiger partial charge >= 0.3 is 0 Å². The van der Waals surface area contributed by atoms with Crippen LogP contribution in [-0.2, 0) is 11.3 Å². The van der Waals surface area contributed by atoms with Gasteiger partial charge in [-0.2, -0.15) is 0 Å². The van der Waals surface area contributed by atoms with Crippen LogP contribution in [-0.4, -0.2) is 33.4 Å². The summed E-state index contributed by atoms with van der Waals surface area (Å²) in [6.45, 7) is 3.81. The molecule has 3 rings (SSSR count). The largest absolute Gasteiger partial charge is 0.495 e. The lowest BCUT2D eigenvalue weighted by molar-refractivity contribution is 0.122. The van der Waals surface area contributed by atoms with Gasteiger partial charge in [0, 0.05) is 19.2 Å². The van der Waals surface area contributed by atoms with Crippen molar-refractivity contribution in [3.05, 3.63) is 54.1 Å². The maximum atomic E-state index is 5.91. The molecule has 0 unspecified atom stereocenters. The summed E-state index contributed by atoms with van der Waals surface area (Å²) in [4.78, 5) is 2.28. The van der Waals surface area contributed by atoms with E-state index in [2.05, 4.69) is 17.0 Å². The fraction of sp³-hybridized carbons (Fsp3) is 0.333. The van der Waals surface area contributed by atoms with E-state index in [9.17, 15) is 0 Å². The van der Waals surface area contributed by atoms with E-state index in [1.54, 1.807) is 7.11 Å². The molecular weight excluding hydrogens is 278 g/mol. The Morgan fingerprint density at radius 2 is 1.82 bits per heavy atom. The standard InChI is InChI=1S/C18H21NO3/c1-20-18-8-7-16(22-14-15-5-3-2-4-6-15)13-17(18)19-9-11-21-12-10-19/h2-8,13H,9-12,14H2,1H3. The van der Waals surface area contributed by atoms with Gasteiger partial charge in [-0.05, 0) is 17.7 Å². The predicted molar refractivity (Wildman–Crippen MR) is 86.8 cm³/mol. The van der Waals surface area contributed by atoms with Gasteiger partial charge in [0.05, 0.1) is 26.0 Å². The van der Waals surface area contributed by atoms with E-state index in [4.69, 9.17) is 14.2 Å². The van der Waals surface area contributed by atoms with Crippen LogP contribution in [0.3, 0.4) is 0 Å². The molecule has 0 bridgehead atoms. The van der Waals surface area contributed by atoms with E-state index >= 15 is 0 Å². The summed E-state index contributed by atoms with van der Waals surface area (Å²) in [5, 5.41) is 0. The number of rotatable bonds is 5. The van der Waals surface area contributed by atoms with Crippen LogP contribution in [0, 0.1) is 0 Å². The number of hydrogen-bond acceptors (Lipinski definition) is 4. The number of benzene rings is 2. The third kappa shape index (κ3) is 3.52.